The molecular weight excluding hydrogens is 366 g/mol. The van der Waals surface area contributed by atoms with Crippen LogP contribution in [-0.2, 0) is 23.1 Å². The second-order valence-electron chi connectivity index (χ2n) is 4.94. The Morgan fingerprint density at radius 3 is 2.65 bits per heavy atom. The Bertz CT molecular complexity index is 750. The Morgan fingerprint density at radius 1 is 1.39 bits per heavy atom. The van der Waals surface area contributed by atoms with Gasteiger partial charge in [0.05, 0.1) is 28.7 Å². The van der Waals surface area contributed by atoms with Gasteiger partial charge in [-0.2, -0.15) is 10.2 Å². The molecule has 0 saturated carbocycles. The molecule has 0 atom stereocenters. The van der Waals surface area contributed by atoms with Gasteiger partial charge in [-0.25, -0.2) is 4.79 Å². The van der Waals surface area contributed by atoms with Crippen molar-refractivity contribution >= 4 is 33.6 Å². The Labute approximate surface area is 141 Å². The van der Waals surface area contributed by atoms with Gasteiger partial charge in [0.25, 0.3) is 0 Å². The van der Waals surface area contributed by atoms with Gasteiger partial charge >= 0.3 is 5.97 Å². The van der Waals surface area contributed by atoms with Crippen LogP contribution in [0, 0.1) is 13.8 Å². The van der Waals surface area contributed by atoms with Crippen molar-refractivity contribution in [3.05, 3.63) is 27.6 Å². The molecule has 1 N–H and O–H groups in total. The lowest BCUT2D eigenvalue weighted by Gasteiger charge is -2.09. The number of aryl methyl sites for hydroxylation is 2. The number of hydrogen-bond donors (Lipinski definition) is 1. The van der Waals surface area contributed by atoms with Crippen LogP contribution in [0.5, 0.6) is 0 Å². The molecule has 0 radical (unpaired) electrons. The van der Waals surface area contributed by atoms with Gasteiger partial charge in [0, 0.05) is 7.05 Å². The minimum absolute atomic E-state index is 0.0335. The summed E-state index contributed by atoms with van der Waals surface area (Å²) in [6, 6.07) is 0. The maximum atomic E-state index is 12.3. The number of aromatic nitrogens is 4. The van der Waals surface area contributed by atoms with Gasteiger partial charge in [-0.1, -0.05) is 0 Å². The molecule has 0 spiro atoms. The fourth-order valence-electron chi connectivity index (χ4n) is 2.08. The van der Waals surface area contributed by atoms with E-state index in [4.69, 9.17) is 4.74 Å². The lowest BCUT2D eigenvalue weighted by Crippen LogP contribution is -2.23. The van der Waals surface area contributed by atoms with Gasteiger partial charge in [-0.3, -0.25) is 14.2 Å². The van der Waals surface area contributed by atoms with Crippen LogP contribution >= 0.6 is 15.9 Å². The van der Waals surface area contributed by atoms with Crippen LogP contribution in [0.3, 0.4) is 0 Å². The minimum Gasteiger partial charge on any atom is -0.462 e. The Kier molecular flexibility index (Phi) is 5.19. The zero-order chi connectivity index (χ0) is 17.1. The van der Waals surface area contributed by atoms with E-state index in [1.807, 2.05) is 13.8 Å². The number of hydrogen-bond acceptors (Lipinski definition) is 5. The fraction of sp³-hybridized carbons (Fsp3) is 0.429. The molecule has 0 unspecified atom stereocenters. The van der Waals surface area contributed by atoms with Gasteiger partial charge < -0.3 is 10.1 Å². The smallest absolute Gasteiger partial charge is 0.343 e. The van der Waals surface area contributed by atoms with Gasteiger partial charge in [-0.15, -0.1) is 0 Å². The number of rotatable bonds is 5. The SMILES string of the molecule is CCOC(=O)c1cnn(C)c1NC(=O)Cn1nc(C)c(Br)c1C. The zero-order valence-electron chi connectivity index (χ0n) is 13.4. The number of carbonyl (C=O) groups is 2. The average Bonchev–Trinajstić information content (AvgIpc) is 2.96. The fourth-order valence-corrected chi connectivity index (χ4v) is 2.36. The summed E-state index contributed by atoms with van der Waals surface area (Å²) in [5.41, 5.74) is 1.88. The summed E-state index contributed by atoms with van der Waals surface area (Å²) in [7, 11) is 1.64. The summed E-state index contributed by atoms with van der Waals surface area (Å²) in [4.78, 5) is 24.1. The summed E-state index contributed by atoms with van der Waals surface area (Å²) >= 11 is 3.42. The normalized spacial score (nSPS) is 10.7. The molecule has 2 heterocycles. The van der Waals surface area contributed by atoms with Gasteiger partial charge in [0.2, 0.25) is 5.91 Å². The summed E-state index contributed by atoms with van der Waals surface area (Å²) < 4.78 is 8.84. The second-order valence-corrected chi connectivity index (χ2v) is 5.73. The van der Waals surface area contributed by atoms with Crippen molar-refractivity contribution in [1.29, 1.82) is 0 Å². The van der Waals surface area contributed by atoms with Crippen LogP contribution in [0.15, 0.2) is 10.7 Å². The number of anilines is 1. The molecule has 2 aromatic heterocycles. The van der Waals surface area contributed by atoms with Crippen LogP contribution in [0.2, 0.25) is 0 Å². The Balaban J connectivity index is 2.16. The van der Waals surface area contributed by atoms with Crippen molar-refractivity contribution in [2.75, 3.05) is 11.9 Å². The van der Waals surface area contributed by atoms with Crippen LogP contribution in [-0.4, -0.2) is 38.0 Å². The number of ether oxygens (including phenoxy) is 1. The highest BCUT2D eigenvalue weighted by Gasteiger charge is 2.20. The first-order valence-corrected chi connectivity index (χ1v) is 7.82. The molecular formula is C14H18BrN5O3. The quantitative estimate of drug-likeness (QED) is 0.794. The average molecular weight is 384 g/mol. The standard InChI is InChI=1S/C14H18BrN5O3/c1-5-23-14(22)10-6-16-19(4)13(10)17-11(21)7-20-9(3)12(15)8(2)18-20/h6H,5,7H2,1-4H3,(H,17,21). The molecule has 8 nitrogen and oxygen atoms in total. The molecule has 0 saturated heterocycles. The second kappa shape index (κ2) is 6.95. The lowest BCUT2D eigenvalue weighted by molar-refractivity contribution is -0.117. The van der Waals surface area contributed by atoms with Gasteiger partial charge in [0.15, 0.2) is 0 Å². The van der Waals surface area contributed by atoms with Crippen molar-refractivity contribution in [1.82, 2.24) is 19.6 Å². The molecule has 0 fully saturated rings. The van der Waals surface area contributed by atoms with E-state index in [-0.39, 0.29) is 24.6 Å². The van der Waals surface area contributed by atoms with Gasteiger partial charge in [-0.05, 0) is 36.7 Å². The van der Waals surface area contributed by atoms with Crippen LogP contribution in [0.4, 0.5) is 5.82 Å². The maximum absolute atomic E-state index is 12.3. The molecule has 9 heteroatoms. The summed E-state index contributed by atoms with van der Waals surface area (Å²) in [6.45, 7) is 5.72. The molecule has 0 aliphatic heterocycles. The van der Waals surface area contributed by atoms with E-state index in [9.17, 15) is 9.59 Å². The maximum Gasteiger partial charge on any atom is 0.343 e. The van der Waals surface area contributed by atoms with E-state index in [1.54, 1.807) is 18.7 Å². The number of esters is 1. The number of halogens is 1. The van der Waals surface area contributed by atoms with Crippen molar-refractivity contribution in [2.45, 2.75) is 27.3 Å². The van der Waals surface area contributed by atoms with E-state index in [0.29, 0.717) is 5.82 Å². The molecule has 0 aromatic carbocycles. The highest BCUT2D eigenvalue weighted by molar-refractivity contribution is 9.10. The van der Waals surface area contributed by atoms with E-state index >= 15 is 0 Å². The molecule has 124 valence electrons. The first-order chi connectivity index (χ1) is 10.8. The van der Waals surface area contributed by atoms with Crippen molar-refractivity contribution in [2.24, 2.45) is 7.05 Å². The molecule has 0 aliphatic carbocycles. The van der Waals surface area contributed by atoms with E-state index < -0.39 is 5.97 Å². The molecule has 2 aromatic rings. The highest BCUT2D eigenvalue weighted by Crippen LogP contribution is 2.20. The lowest BCUT2D eigenvalue weighted by atomic mass is 10.3. The third kappa shape index (κ3) is 3.61. The predicted molar refractivity (Wildman–Crippen MR) is 87.2 cm³/mol. The number of carbonyl (C=O) groups excluding carboxylic acids is 2. The van der Waals surface area contributed by atoms with Crippen molar-refractivity contribution < 1.29 is 14.3 Å². The van der Waals surface area contributed by atoms with Gasteiger partial charge in [0.1, 0.15) is 17.9 Å². The molecule has 23 heavy (non-hydrogen) atoms. The summed E-state index contributed by atoms with van der Waals surface area (Å²) in [5.74, 6) is -0.531. The van der Waals surface area contributed by atoms with Crippen LogP contribution < -0.4 is 5.32 Å². The number of amides is 1. The summed E-state index contributed by atoms with van der Waals surface area (Å²) in [6.07, 6.45) is 1.37. The van der Waals surface area contributed by atoms with Crippen LogP contribution in [0.25, 0.3) is 0 Å². The van der Waals surface area contributed by atoms with Crippen molar-refractivity contribution in [3.8, 4) is 0 Å². The van der Waals surface area contributed by atoms with E-state index in [1.165, 1.54) is 10.9 Å². The van der Waals surface area contributed by atoms with E-state index in [2.05, 4.69) is 31.4 Å². The molecule has 0 aliphatic rings. The predicted octanol–water partition coefficient (Wildman–Crippen LogP) is 1.81. The Hall–Kier alpha value is -2.16. The number of nitrogens with zero attached hydrogens (tertiary/aromatic N) is 4. The monoisotopic (exact) mass is 383 g/mol. The largest absolute Gasteiger partial charge is 0.462 e. The van der Waals surface area contributed by atoms with Crippen molar-refractivity contribution in [3.63, 3.8) is 0 Å². The van der Waals surface area contributed by atoms with E-state index in [0.717, 1.165) is 15.9 Å². The highest BCUT2D eigenvalue weighted by atomic mass is 79.9. The number of nitrogens with one attached hydrogen (secondary N) is 1. The Morgan fingerprint density at radius 2 is 2.09 bits per heavy atom. The molecule has 2 rings (SSSR count). The third-order valence-electron chi connectivity index (χ3n) is 3.28. The zero-order valence-corrected chi connectivity index (χ0v) is 15.0. The minimum atomic E-state index is -0.523. The topological polar surface area (TPSA) is 91.0 Å². The first kappa shape index (κ1) is 17.2. The first-order valence-electron chi connectivity index (χ1n) is 7.03. The summed E-state index contributed by atoms with van der Waals surface area (Å²) in [5, 5.41) is 11.0. The molecule has 0 bridgehead atoms. The third-order valence-corrected chi connectivity index (χ3v) is 4.43. The van der Waals surface area contributed by atoms with Crippen LogP contribution in [0.1, 0.15) is 28.7 Å². The molecule has 1 amide bonds.